The summed E-state index contributed by atoms with van der Waals surface area (Å²) in [5.41, 5.74) is 6.30. The van der Waals surface area contributed by atoms with Crippen molar-refractivity contribution in [1.29, 1.82) is 0 Å². The molecule has 0 aromatic carbocycles. The molecule has 0 atom stereocenters. The molecule has 2 aliphatic rings. The normalized spacial score (nSPS) is 22.9. The van der Waals surface area contributed by atoms with Gasteiger partial charge in [-0.3, -0.25) is 9.89 Å². The zero-order valence-electron chi connectivity index (χ0n) is 14.0. The third kappa shape index (κ3) is 6.58. The zero-order chi connectivity index (χ0) is 15.0. The van der Waals surface area contributed by atoms with Crippen LogP contribution in [0.25, 0.3) is 0 Å². The smallest absolute Gasteiger partial charge is 0.188 e. The van der Waals surface area contributed by atoms with Gasteiger partial charge < -0.3 is 15.8 Å². The van der Waals surface area contributed by atoms with Gasteiger partial charge in [0, 0.05) is 38.1 Å². The van der Waals surface area contributed by atoms with E-state index in [1.165, 1.54) is 32.1 Å². The number of guanidine groups is 1. The van der Waals surface area contributed by atoms with E-state index < -0.39 is 0 Å². The number of aliphatic imine (C=N–C) groups is 1. The summed E-state index contributed by atoms with van der Waals surface area (Å²) >= 11 is 0. The summed E-state index contributed by atoms with van der Waals surface area (Å²) < 4.78 is 5.47. The van der Waals surface area contributed by atoms with E-state index in [-0.39, 0.29) is 24.0 Å². The molecule has 1 heterocycles. The quantitative estimate of drug-likeness (QED) is 0.390. The molecule has 0 amide bonds. The Morgan fingerprint density at radius 2 is 1.91 bits per heavy atom. The number of nitrogens with two attached hydrogens (primary N) is 1. The average molecular weight is 424 g/mol. The molecule has 0 unspecified atom stereocenters. The van der Waals surface area contributed by atoms with Crippen molar-refractivity contribution in [2.45, 2.75) is 45.4 Å². The molecule has 1 aliphatic heterocycles. The van der Waals surface area contributed by atoms with Crippen molar-refractivity contribution in [3.05, 3.63) is 0 Å². The van der Waals surface area contributed by atoms with Crippen molar-refractivity contribution in [2.24, 2.45) is 16.1 Å². The van der Waals surface area contributed by atoms with Crippen LogP contribution in [-0.4, -0.2) is 56.8 Å². The Hall–Kier alpha value is -0.0800. The second-order valence-electron chi connectivity index (χ2n) is 6.58. The van der Waals surface area contributed by atoms with Gasteiger partial charge in [-0.25, -0.2) is 0 Å². The molecular formula is C16H33IN4O. The van der Waals surface area contributed by atoms with E-state index in [4.69, 9.17) is 10.5 Å². The van der Waals surface area contributed by atoms with Crippen molar-refractivity contribution in [3.8, 4) is 0 Å². The fourth-order valence-electron chi connectivity index (χ4n) is 3.46. The SMILES string of the molecule is CCCNC(N)=NCC1(CN2CCOCC2)CCCCC1.I. The van der Waals surface area contributed by atoms with Crippen molar-refractivity contribution >= 4 is 29.9 Å². The summed E-state index contributed by atoms with van der Waals surface area (Å²) in [7, 11) is 0. The first-order chi connectivity index (χ1) is 10.2. The lowest BCUT2D eigenvalue weighted by Crippen LogP contribution is -2.46. The van der Waals surface area contributed by atoms with Gasteiger partial charge in [-0.05, 0) is 19.3 Å². The third-order valence-corrected chi connectivity index (χ3v) is 4.72. The molecule has 22 heavy (non-hydrogen) atoms. The first kappa shape index (κ1) is 20.0. The Morgan fingerprint density at radius 3 is 2.55 bits per heavy atom. The first-order valence-electron chi connectivity index (χ1n) is 8.58. The molecule has 0 bridgehead atoms. The number of halogens is 1. The minimum Gasteiger partial charge on any atom is -0.379 e. The van der Waals surface area contributed by atoms with Gasteiger partial charge in [0.05, 0.1) is 13.2 Å². The van der Waals surface area contributed by atoms with E-state index in [1.54, 1.807) is 0 Å². The second kappa shape index (κ2) is 10.6. The van der Waals surface area contributed by atoms with E-state index in [2.05, 4.69) is 22.1 Å². The van der Waals surface area contributed by atoms with Crippen LogP contribution in [0.4, 0.5) is 0 Å². The molecule has 130 valence electrons. The Bertz CT molecular complexity index is 326. The largest absolute Gasteiger partial charge is 0.379 e. The predicted molar refractivity (Wildman–Crippen MR) is 103 cm³/mol. The Labute approximate surface area is 152 Å². The monoisotopic (exact) mass is 424 g/mol. The molecule has 1 saturated carbocycles. The van der Waals surface area contributed by atoms with E-state index in [1.807, 2.05) is 0 Å². The summed E-state index contributed by atoms with van der Waals surface area (Å²) in [4.78, 5) is 7.20. The minimum atomic E-state index is 0. The Kier molecular flexibility index (Phi) is 9.66. The molecule has 2 fully saturated rings. The van der Waals surface area contributed by atoms with Crippen LogP contribution in [0.3, 0.4) is 0 Å². The maximum atomic E-state index is 5.97. The predicted octanol–water partition coefficient (Wildman–Crippen LogP) is 2.20. The van der Waals surface area contributed by atoms with Crippen LogP contribution in [0.2, 0.25) is 0 Å². The highest BCUT2D eigenvalue weighted by molar-refractivity contribution is 14.0. The Morgan fingerprint density at radius 1 is 1.23 bits per heavy atom. The lowest BCUT2D eigenvalue weighted by atomic mass is 9.73. The van der Waals surface area contributed by atoms with Crippen LogP contribution in [0.15, 0.2) is 4.99 Å². The second-order valence-corrected chi connectivity index (χ2v) is 6.58. The minimum absolute atomic E-state index is 0. The summed E-state index contributed by atoms with van der Waals surface area (Å²) in [6, 6.07) is 0. The average Bonchev–Trinajstić information content (AvgIpc) is 2.53. The number of nitrogens with one attached hydrogen (secondary N) is 1. The highest BCUT2D eigenvalue weighted by Gasteiger charge is 2.34. The standard InChI is InChI=1S/C16H32N4O.HI/c1-2-8-18-15(17)19-13-16(6-4-3-5-7-16)14-20-9-11-21-12-10-20;/h2-14H2,1H3,(H3,17,18,19);1H. The van der Waals surface area contributed by atoms with Gasteiger partial charge >= 0.3 is 0 Å². The highest BCUT2D eigenvalue weighted by atomic mass is 127. The van der Waals surface area contributed by atoms with Crippen LogP contribution in [0.1, 0.15) is 45.4 Å². The lowest BCUT2D eigenvalue weighted by Gasteiger charge is -2.41. The highest BCUT2D eigenvalue weighted by Crippen LogP contribution is 2.37. The molecule has 3 N–H and O–H groups in total. The lowest BCUT2D eigenvalue weighted by molar-refractivity contribution is 0.00939. The van der Waals surface area contributed by atoms with E-state index in [9.17, 15) is 0 Å². The molecule has 1 aliphatic carbocycles. The third-order valence-electron chi connectivity index (χ3n) is 4.72. The fourth-order valence-corrected chi connectivity index (χ4v) is 3.46. The number of rotatable bonds is 6. The van der Waals surface area contributed by atoms with Crippen LogP contribution in [0.5, 0.6) is 0 Å². The van der Waals surface area contributed by atoms with Gasteiger partial charge in [0.15, 0.2) is 5.96 Å². The van der Waals surface area contributed by atoms with Crippen LogP contribution < -0.4 is 11.1 Å². The van der Waals surface area contributed by atoms with Gasteiger partial charge in [-0.15, -0.1) is 24.0 Å². The van der Waals surface area contributed by atoms with Crippen molar-refractivity contribution in [3.63, 3.8) is 0 Å². The first-order valence-corrected chi connectivity index (χ1v) is 8.58. The molecule has 0 radical (unpaired) electrons. The summed E-state index contributed by atoms with van der Waals surface area (Å²) in [6.07, 6.45) is 7.70. The molecule has 1 saturated heterocycles. The van der Waals surface area contributed by atoms with Gasteiger partial charge in [0.2, 0.25) is 0 Å². The number of hydrogen-bond acceptors (Lipinski definition) is 3. The molecule has 0 aromatic rings. The van der Waals surface area contributed by atoms with Crippen LogP contribution in [-0.2, 0) is 4.74 Å². The Balaban J connectivity index is 0.00000242. The number of ether oxygens (including phenoxy) is 1. The number of morpholine rings is 1. The van der Waals surface area contributed by atoms with Crippen molar-refractivity contribution < 1.29 is 4.74 Å². The van der Waals surface area contributed by atoms with Crippen molar-refractivity contribution in [1.82, 2.24) is 10.2 Å². The number of hydrogen-bond donors (Lipinski definition) is 2. The maximum Gasteiger partial charge on any atom is 0.188 e. The summed E-state index contributed by atoms with van der Waals surface area (Å²) in [5.74, 6) is 0.615. The van der Waals surface area contributed by atoms with Gasteiger partial charge in [0.25, 0.3) is 0 Å². The van der Waals surface area contributed by atoms with E-state index in [0.29, 0.717) is 11.4 Å². The van der Waals surface area contributed by atoms with E-state index in [0.717, 1.165) is 52.4 Å². The molecule has 0 aromatic heterocycles. The molecule has 0 spiro atoms. The zero-order valence-corrected chi connectivity index (χ0v) is 16.3. The summed E-state index contributed by atoms with van der Waals surface area (Å²) in [5, 5.41) is 3.19. The summed E-state index contributed by atoms with van der Waals surface area (Å²) in [6.45, 7) is 8.95. The molecule has 5 nitrogen and oxygen atoms in total. The van der Waals surface area contributed by atoms with Gasteiger partial charge in [-0.2, -0.15) is 0 Å². The molecular weight excluding hydrogens is 391 g/mol. The maximum absolute atomic E-state index is 5.97. The van der Waals surface area contributed by atoms with E-state index >= 15 is 0 Å². The molecule has 6 heteroatoms. The van der Waals surface area contributed by atoms with Gasteiger partial charge in [-0.1, -0.05) is 26.2 Å². The van der Waals surface area contributed by atoms with Crippen molar-refractivity contribution in [2.75, 3.05) is 45.9 Å². The van der Waals surface area contributed by atoms with Crippen LogP contribution in [0, 0.1) is 5.41 Å². The number of nitrogens with zero attached hydrogens (tertiary/aromatic N) is 2. The topological polar surface area (TPSA) is 62.9 Å². The van der Waals surface area contributed by atoms with Gasteiger partial charge in [0.1, 0.15) is 0 Å². The van der Waals surface area contributed by atoms with Crippen LogP contribution >= 0.6 is 24.0 Å². The molecule has 2 rings (SSSR count). The fraction of sp³-hybridized carbons (Fsp3) is 0.938.